The highest BCUT2D eigenvalue weighted by atomic mass is 16.7. The van der Waals surface area contributed by atoms with E-state index in [4.69, 9.17) is 9.47 Å². The minimum Gasteiger partial charge on any atom is -0.394 e. The Labute approximate surface area is 196 Å². The van der Waals surface area contributed by atoms with Crippen LogP contribution in [0.5, 0.6) is 0 Å². The van der Waals surface area contributed by atoms with Crippen molar-refractivity contribution in [3.63, 3.8) is 0 Å². The first-order valence-electron chi connectivity index (χ1n) is 13.5. The van der Waals surface area contributed by atoms with Crippen molar-refractivity contribution in [3.05, 3.63) is 0 Å². The SMILES string of the molecule is CCCCCCCCCCC(CCCCCCCC)CO[C@H]1O[C@H](CO)[C@H](O)[C@H](O)[C@H]1O. The van der Waals surface area contributed by atoms with Gasteiger partial charge in [0.1, 0.15) is 24.4 Å². The highest BCUT2D eigenvalue weighted by molar-refractivity contribution is 4.89. The summed E-state index contributed by atoms with van der Waals surface area (Å²) in [6.07, 6.45) is 14.2. The summed E-state index contributed by atoms with van der Waals surface area (Å²) in [4.78, 5) is 0. The van der Waals surface area contributed by atoms with Crippen molar-refractivity contribution in [1.82, 2.24) is 0 Å². The van der Waals surface area contributed by atoms with E-state index >= 15 is 0 Å². The molecular weight excluding hydrogens is 408 g/mol. The fourth-order valence-electron chi connectivity index (χ4n) is 4.53. The van der Waals surface area contributed by atoms with Crippen molar-refractivity contribution in [2.24, 2.45) is 5.92 Å². The van der Waals surface area contributed by atoms with Gasteiger partial charge < -0.3 is 29.9 Å². The number of hydrogen-bond acceptors (Lipinski definition) is 6. The molecule has 1 heterocycles. The Morgan fingerprint density at radius 1 is 0.656 bits per heavy atom. The molecule has 0 spiro atoms. The summed E-state index contributed by atoms with van der Waals surface area (Å²) in [5.74, 6) is 0.397. The van der Waals surface area contributed by atoms with Crippen LogP contribution < -0.4 is 0 Å². The maximum Gasteiger partial charge on any atom is 0.186 e. The largest absolute Gasteiger partial charge is 0.394 e. The lowest BCUT2D eigenvalue weighted by Gasteiger charge is -2.40. The number of aliphatic hydroxyl groups is 4. The third-order valence-electron chi connectivity index (χ3n) is 6.78. The van der Waals surface area contributed by atoms with Crippen LogP contribution in [0.3, 0.4) is 0 Å². The Bertz CT molecular complexity index is 419. The van der Waals surface area contributed by atoms with E-state index in [1.807, 2.05) is 0 Å². The number of aliphatic hydroxyl groups excluding tert-OH is 4. The molecule has 0 radical (unpaired) electrons. The minimum atomic E-state index is -1.38. The highest BCUT2D eigenvalue weighted by Gasteiger charge is 2.44. The van der Waals surface area contributed by atoms with Crippen LogP contribution in [0.4, 0.5) is 0 Å². The predicted molar refractivity (Wildman–Crippen MR) is 128 cm³/mol. The van der Waals surface area contributed by atoms with Gasteiger partial charge in [0.05, 0.1) is 13.2 Å². The number of unbranched alkanes of at least 4 members (excludes halogenated alkanes) is 12. The second-order valence-corrected chi connectivity index (χ2v) is 9.72. The van der Waals surface area contributed by atoms with Gasteiger partial charge in [-0.05, 0) is 18.8 Å². The van der Waals surface area contributed by atoms with E-state index in [-0.39, 0.29) is 0 Å². The Kier molecular flexibility index (Phi) is 17.8. The molecule has 0 saturated carbocycles. The molecule has 1 rings (SSSR count). The molecule has 4 N–H and O–H groups in total. The zero-order chi connectivity index (χ0) is 23.6. The average molecular weight is 461 g/mol. The van der Waals surface area contributed by atoms with Crippen LogP contribution in [0.25, 0.3) is 0 Å². The summed E-state index contributed by atoms with van der Waals surface area (Å²) in [5, 5.41) is 39.5. The van der Waals surface area contributed by atoms with Crippen LogP contribution in [-0.2, 0) is 9.47 Å². The molecule has 32 heavy (non-hydrogen) atoms. The first-order valence-corrected chi connectivity index (χ1v) is 13.5. The molecule has 6 heteroatoms. The molecule has 1 aliphatic heterocycles. The molecule has 0 bridgehead atoms. The van der Waals surface area contributed by atoms with E-state index in [2.05, 4.69) is 13.8 Å². The van der Waals surface area contributed by atoms with Crippen molar-refractivity contribution in [2.45, 2.75) is 147 Å². The van der Waals surface area contributed by atoms with Gasteiger partial charge in [0.2, 0.25) is 0 Å². The summed E-state index contributed by atoms with van der Waals surface area (Å²) < 4.78 is 11.4. The second kappa shape index (κ2) is 19.1. The van der Waals surface area contributed by atoms with E-state index in [0.29, 0.717) is 12.5 Å². The fraction of sp³-hybridized carbons (Fsp3) is 1.00. The third-order valence-corrected chi connectivity index (χ3v) is 6.78. The number of rotatable bonds is 20. The summed E-state index contributed by atoms with van der Waals surface area (Å²) in [6, 6.07) is 0. The van der Waals surface area contributed by atoms with Gasteiger partial charge in [-0.3, -0.25) is 0 Å². The predicted octanol–water partition coefficient (Wildman–Crippen LogP) is 4.70. The normalized spacial score (nSPS) is 27.0. The Morgan fingerprint density at radius 2 is 1.12 bits per heavy atom. The molecule has 0 aromatic rings. The van der Waals surface area contributed by atoms with Crippen LogP contribution in [0.15, 0.2) is 0 Å². The lowest BCUT2D eigenvalue weighted by molar-refractivity contribution is -0.303. The molecule has 0 amide bonds. The Hall–Kier alpha value is -0.240. The molecule has 1 aliphatic rings. The first kappa shape index (κ1) is 29.8. The monoisotopic (exact) mass is 460 g/mol. The third kappa shape index (κ3) is 12.3. The van der Waals surface area contributed by atoms with Crippen molar-refractivity contribution in [3.8, 4) is 0 Å². The molecule has 0 aliphatic carbocycles. The Balaban J connectivity index is 2.40. The standard InChI is InChI=1S/C26H52O6/c1-3-5-7-9-11-12-14-16-18-21(17-15-13-10-8-6-4-2)20-31-26-25(30)24(29)23(28)22(19-27)32-26/h21-30H,3-20H2,1-2H3/t21?,22-,23+,24+,25-,26+/m1/s1. The quantitative estimate of drug-likeness (QED) is 0.197. The minimum absolute atomic E-state index is 0.397. The number of hydrogen-bond donors (Lipinski definition) is 4. The molecule has 1 unspecified atom stereocenters. The van der Waals surface area contributed by atoms with Crippen molar-refractivity contribution in [1.29, 1.82) is 0 Å². The van der Waals surface area contributed by atoms with Crippen molar-refractivity contribution < 1.29 is 29.9 Å². The number of ether oxygens (including phenoxy) is 2. The molecule has 1 saturated heterocycles. The second-order valence-electron chi connectivity index (χ2n) is 9.72. The zero-order valence-electron chi connectivity index (χ0n) is 20.8. The maximum atomic E-state index is 10.2. The lowest BCUT2D eigenvalue weighted by Crippen LogP contribution is -2.59. The lowest BCUT2D eigenvalue weighted by atomic mass is 9.94. The first-order chi connectivity index (χ1) is 15.5. The van der Waals surface area contributed by atoms with E-state index in [1.54, 1.807) is 0 Å². The van der Waals surface area contributed by atoms with Gasteiger partial charge in [-0.1, -0.05) is 104 Å². The van der Waals surface area contributed by atoms with E-state index in [0.717, 1.165) is 12.8 Å². The summed E-state index contributed by atoms with van der Waals surface area (Å²) in [5.41, 5.74) is 0. The topological polar surface area (TPSA) is 99.4 Å². The Morgan fingerprint density at radius 3 is 1.59 bits per heavy atom. The highest BCUT2D eigenvalue weighted by Crippen LogP contribution is 2.25. The van der Waals surface area contributed by atoms with E-state index in [9.17, 15) is 20.4 Å². The van der Waals surface area contributed by atoms with Gasteiger partial charge in [-0.15, -0.1) is 0 Å². The molecular formula is C26H52O6. The smallest absolute Gasteiger partial charge is 0.186 e. The van der Waals surface area contributed by atoms with Crippen molar-refractivity contribution >= 4 is 0 Å². The van der Waals surface area contributed by atoms with Gasteiger partial charge in [-0.25, -0.2) is 0 Å². The van der Waals surface area contributed by atoms with E-state index in [1.165, 1.54) is 89.9 Å². The van der Waals surface area contributed by atoms with Gasteiger partial charge >= 0.3 is 0 Å². The van der Waals surface area contributed by atoms with Crippen LogP contribution in [0, 0.1) is 5.92 Å². The van der Waals surface area contributed by atoms with Gasteiger partial charge in [0, 0.05) is 0 Å². The summed E-state index contributed by atoms with van der Waals surface area (Å²) >= 11 is 0. The van der Waals surface area contributed by atoms with Gasteiger partial charge in [-0.2, -0.15) is 0 Å². The van der Waals surface area contributed by atoms with Crippen LogP contribution >= 0.6 is 0 Å². The summed E-state index contributed by atoms with van der Waals surface area (Å²) in [6.45, 7) is 4.52. The van der Waals surface area contributed by atoms with Crippen molar-refractivity contribution in [2.75, 3.05) is 13.2 Å². The fourth-order valence-corrected chi connectivity index (χ4v) is 4.53. The zero-order valence-corrected chi connectivity index (χ0v) is 20.8. The van der Waals surface area contributed by atoms with Crippen LogP contribution in [-0.4, -0.2) is 64.3 Å². The average Bonchev–Trinajstić information content (AvgIpc) is 2.80. The molecule has 6 nitrogen and oxygen atoms in total. The molecule has 0 aromatic carbocycles. The molecule has 192 valence electrons. The maximum absolute atomic E-state index is 10.2. The van der Waals surface area contributed by atoms with E-state index < -0.39 is 37.3 Å². The van der Waals surface area contributed by atoms with Gasteiger partial charge in [0.15, 0.2) is 6.29 Å². The van der Waals surface area contributed by atoms with Gasteiger partial charge in [0.25, 0.3) is 0 Å². The van der Waals surface area contributed by atoms with Crippen LogP contribution in [0.2, 0.25) is 0 Å². The molecule has 0 aromatic heterocycles. The molecule has 6 atom stereocenters. The summed E-state index contributed by atoms with van der Waals surface area (Å²) in [7, 11) is 0. The van der Waals surface area contributed by atoms with Crippen LogP contribution in [0.1, 0.15) is 117 Å². The molecule has 1 fully saturated rings.